The number of aliphatic hydroxyl groups excluding tert-OH is 2. The molecule has 2 unspecified atom stereocenters. The van der Waals surface area contributed by atoms with Crippen molar-refractivity contribution < 1.29 is 23.8 Å². The summed E-state index contributed by atoms with van der Waals surface area (Å²) < 4.78 is 27.5. The van der Waals surface area contributed by atoms with E-state index in [9.17, 15) is 23.8 Å². The van der Waals surface area contributed by atoms with Crippen LogP contribution < -0.4 is 4.90 Å². The molecule has 1 aromatic rings. The summed E-state index contributed by atoms with van der Waals surface area (Å²) in [5, 5.41) is 23.0. The average molecular weight is 276 g/mol. The van der Waals surface area contributed by atoms with Crippen molar-refractivity contribution in [1.82, 2.24) is 14.7 Å². The predicted octanol–water partition coefficient (Wildman–Crippen LogP) is 0.0404. The number of hydrogen-bond acceptors (Lipinski definition) is 4. The number of urea groups is 1. The number of anilines is 1. The molecular weight excluding hydrogens is 262 g/mol. The van der Waals surface area contributed by atoms with E-state index in [0.717, 1.165) is 20.5 Å². The van der Waals surface area contributed by atoms with Crippen LogP contribution in [-0.2, 0) is 13.0 Å². The first kappa shape index (κ1) is 13.7. The maximum Gasteiger partial charge on any atom is 0.329 e. The van der Waals surface area contributed by atoms with Crippen molar-refractivity contribution in [3.8, 4) is 0 Å². The lowest BCUT2D eigenvalue weighted by molar-refractivity contribution is -0.0183. The molecule has 1 fully saturated rings. The lowest BCUT2D eigenvalue weighted by atomic mass is 10.2. The summed E-state index contributed by atoms with van der Waals surface area (Å²) in [6.45, 7) is 0.705. The highest BCUT2D eigenvalue weighted by Crippen LogP contribution is 2.32. The summed E-state index contributed by atoms with van der Waals surface area (Å²) >= 11 is 0. The number of carbonyl (C=O) groups excluding carboxylic acids is 1. The van der Waals surface area contributed by atoms with Crippen molar-refractivity contribution >= 4 is 11.8 Å². The van der Waals surface area contributed by atoms with Crippen molar-refractivity contribution in [2.45, 2.75) is 25.3 Å². The highest BCUT2D eigenvalue weighted by Gasteiger charge is 2.44. The molecule has 0 radical (unpaired) electrons. The Balaban J connectivity index is 2.41. The van der Waals surface area contributed by atoms with Crippen molar-refractivity contribution in [3.63, 3.8) is 0 Å². The Hall–Kier alpha value is -1.74. The van der Waals surface area contributed by atoms with E-state index in [1.165, 1.54) is 14.1 Å². The number of aryl methyl sites for hydroxylation is 1. The second-order valence-electron chi connectivity index (χ2n) is 4.49. The number of amides is 2. The molecule has 0 spiro atoms. The van der Waals surface area contributed by atoms with Crippen LogP contribution in [0.5, 0.6) is 0 Å². The van der Waals surface area contributed by atoms with Crippen LogP contribution in [0.15, 0.2) is 6.07 Å². The van der Waals surface area contributed by atoms with Crippen LogP contribution in [0.25, 0.3) is 0 Å². The van der Waals surface area contributed by atoms with Crippen LogP contribution >= 0.6 is 0 Å². The minimum absolute atomic E-state index is 0.139. The second-order valence-corrected chi connectivity index (χ2v) is 4.49. The molecule has 2 heterocycles. The van der Waals surface area contributed by atoms with E-state index in [4.69, 9.17) is 0 Å². The molecule has 19 heavy (non-hydrogen) atoms. The first-order chi connectivity index (χ1) is 8.64. The minimum atomic E-state index is -3.13. The van der Waals surface area contributed by atoms with Crippen LogP contribution in [0.3, 0.4) is 0 Å². The molecule has 1 aliphatic rings. The van der Waals surface area contributed by atoms with Gasteiger partial charge in [-0.15, -0.1) is 0 Å². The standard InChI is InChI=1S/C10H14F2N4O3/c1-10(11,12)5-4-6(13-15(5)3)16-8(18)7(17)14(2)9(16)19/h4,7-8,17-18H,1-3H3. The van der Waals surface area contributed by atoms with E-state index in [0.29, 0.717) is 6.92 Å². The molecule has 2 rings (SSSR count). The van der Waals surface area contributed by atoms with Crippen molar-refractivity contribution in [1.29, 1.82) is 0 Å². The molecule has 2 atom stereocenters. The molecule has 9 heteroatoms. The zero-order valence-electron chi connectivity index (χ0n) is 10.6. The normalized spacial score (nSPS) is 24.5. The third-order valence-electron chi connectivity index (χ3n) is 3.00. The number of hydrogen-bond donors (Lipinski definition) is 2. The molecule has 7 nitrogen and oxygen atoms in total. The Bertz CT molecular complexity index is 513. The number of alkyl halides is 2. The molecule has 0 bridgehead atoms. The van der Waals surface area contributed by atoms with Gasteiger partial charge in [0.1, 0.15) is 5.69 Å². The van der Waals surface area contributed by atoms with E-state index in [2.05, 4.69) is 5.10 Å². The molecule has 1 saturated heterocycles. The quantitative estimate of drug-likeness (QED) is 0.799. The Kier molecular flexibility index (Phi) is 2.98. The molecule has 1 aliphatic heterocycles. The lowest BCUT2D eigenvalue weighted by Crippen LogP contribution is -2.36. The summed E-state index contributed by atoms with van der Waals surface area (Å²) in [5.74, 6) is -3.27. The van der Waals surface area contributed by atoms with E-state index >= 15 is 0 Å². The van der Waals surface area contributed by atoms with Gasteiger partial charge in [-0.3, -0.25) is 9.58 Å². The fraction of sp³-hybridized carbons (Fsp3) is 0.600. The lowest BCUT2D eigenvalue weighted by Gasteiger charge is -2.16. The molecule has 0 aliphatic carbocycles. The number of nitrogens with zero attached hydrogens (tertiary/aromatic N) is 4. The summed E-state index contributed by atoms with van der Waals surface area (Å²) in [5.41, 5.74) is -0.397. The van der Waals surface area contributed by atoms with E-state index in [-0.39, 0.29) is 5.82 Å². The van der Waals surface area contributed by atoms with Gasteiger partial charge in [0.15, 0.2) is 18.3 Å². The SMILES string of the molecule is CN1C(=O)N(c2cc(C(C)(F)F)n(C)n2)C(O)C1O. The largest absolute Gasteiger partial charge is 0.369 e. The summed E-state index contributed by atoms with van der Waals surface area (Å²) in [6.07, 6.45) is -2.98. The Morgan fingerprint density at radius 2 is 1.89 bits per heavy atom. The van der Waals surface area contributed by atoms with Gasteiger partial charge in [-0.2, -0.15) is 13.9 Å². The van der Waals surface area contributed by atoms with E-state index in [1.807, 2.05) is 0 Å². The molecule has 0 saturated carbocycles. The third kappa shape index (κ3) is 2.04. The summed E-state index contributed by atoms with van der Waals surface area (Å²) in [6, 6.07) is 0.288. The average Bonchev–Trinajstić information content (AvgIpc) is 2.75. The number of aliphatic hydroxyl groups is 2. The van der Waals surface area contributed by atoms with Gasteiger partial charge in [0.25, 0.3) is 5.92 Å². The monoisotopic (exact) mass is 276 g/mol. The van der Waals surface area contributed by atoms with Gasteiger partial charge < -0.3 is 10.2 Å². The van der Waals surface area contributed by atoms with E-state index in [1.54, 1.807) is 0 Å². The third-order valence-corrected chi connectivity index (χ3v) is 3.00. The second kappa shape index (κ2) is 4.14. The highest BCUT2D eigenvalue weighted by atomic mass is 19.3. The van der Waals surface area contributed by atoms with Gasteiger partial charge >= 0.3 is 6.03 Å². The van der Waals surface area contributed by atoms with Gasteiger partial charge in [-0.25, -0.2) is 9.69 Å². The van der Waals surface area contributed by atoms with Gasteiger partial charge in [-0.05, 0) is 0 Å². The first-order valence-electron chi connectivity index (χ1n) is 5.49. The first-order valence-corrected chi connectivity index (χ1v) is 5.49. The molecule has 0 aromatic carbocycles. The fourth-order valence-electron chi connectivity index (χ4n) is 1.94. The number of rotatable bonds is 2. The Labute approximate surface area is 107 Å². The van der Waals surface area contributed by atoms with Gasteiger partial charge in [0.2, 0.25) is 0 Å². The van der Waals surface area contributed by atoms with Crippen LogP contribution in [0, 0.1) is 0 Å². The zero-order chi connectivity index (χ0) is 14.5. The summed E-state index contributed by atoms with van der Waals surface area (Å²) in [7, 11) is 2.60. The summed E-state index contributed by atoms with van der Waals surface area (Å²) in [4.78, 5) is 13.4. The number of aromatic nitrogens is 2. The van der Waals surface area contributed by atoms with E-state index < -0.39 is 30.1 Å². The minimum Gasteiger partial charge on any atom is -0.369 e. The zero-order valence-corrected chi connectivity index (χ0v) is 10.6. The van der Waals surface area contributed by atoms with Crippen LogP contribution in [0.1, 0.15) is 12.6 Å². The number of likely N-dealkylation sites (N-methyl/N-ethyl adjacent to an activating group) is 1. The smallest absolute Gasteiger partial charge is 0.329 e. The van der Waals surface area contributed by atoms with Crippen LogP contribution in [-0.4, -0.2) is 50.4 Å². The number of halogens is 2. The molecule has 2 N–H and O–H groups in total. The van der Waals surface area contributed by atoms with Crippen molar-refractivity contribution in [2.24, 2.45) is 7.05 Å². The topological polar surface area (TPSA) is 81.8 Å². The van der Waals surface area contributed by atoms with Gasteiger partial charge in [-0.1, -0.05) is 0 Å². The van der Waals surface area contributed by atoms with Gasteiger partial charge in [0.05, 0.1) is 0 Å². The van der Waals surface area contributed by atoms with Crippen molar-refractivity contribution in [2.75, 3.05) is 11.9 Å². The van der Waals surface area contributed by atoms with Crippen LogP contribution in [0.4, 0.5) is 19.4 Å². The molecule has 2 amide bonds. The highest BCUT2D eigenvalue weighted by molar-refractivity contribution is 5.93. The maximum absolute atomic E-state index is 13.3. The predicted molar refractivity (Wildman–Crippen MR) is 60.4 cm³/mol. The molecular formula is C10H14F2N4O3. The maximum atomic E-state index is 13.3. The Morgan fingerprint density at radius 1 is 1.32 bits per heavy atom. The fourth-order valence-corrected chi connectivity index (χ4v) is 1.94. The number of carbonyl (C=O) groups is 1. The van der Waals surface area contributed by atoms with Crippen LogP contribution in [0.2, 0.25) is 0 Å². The van der Waals surface area contributed by atoms with Crippen molar-refractivity contribution in [3.05, 3.63) is 11.8 Å². The molecule has 1 aromatic heterocycles. The Morgan fingerprint density at radius 3 is 2.26 bits per heavy atom. The van der Waals surface area contributed by atoms with Gasteiger partial charge in [0, 0.05) is 27.1 Å². The molecule has 106 valence electrons.